The molecule has 0 spiro atoms. The van der Waals surface area contributed by atoms with Crippen LogP contribution in [-0.4, -0.2) is 32.8 Å². The van der Waals surface area contributed by atoms with Crippen molar-refractivity contribution >= 4 is 26.9 Å². The topological polar surface area (TPSA) is 40.5 Å². The lowest BCUT2D eigenvalue weighted by molar-refractivity contribution is 0.190. The van der Waals surface area contributed by atoms with E-state index in [9.17, 15) is 9.32 Å². The highest BCUT2D eigenvalue weighted by Crippen LogP contribution is 2.19. The molecular weight excluding hydrogens is 278 g/mol. The number of nitrogens with zero attached hydrogens (tertiary/aromatic N) is 1. The number of benzene rings is 1. The zero-order valence-corrected chi connectivity index (χ0v) is 10.5. The van der Waals surface area contributed by atoms with Crippen LogP contribution in [0.5, 0.6) is 0 Å². The lowest BCUT2D eigenvalue weighted by atomic mass is 10.3. The second-order valence-corrected chi connectivity index (χ2v) is 5.94. The van der Waals surface area contributed by atoms with Gasteiger partial charge in [0.1, 0.15) is 11.0 Å². The molecule has 0 amide bonds. The second kappa shape index (κ2) is 4.74. The first-order valence-corrected chi connectivity index (χ1v) is 6.67. The fourth-order valence-corrected chi connectivity index (χ4v) is 3.07. The van der Waals surface area contributed by atoms with E-state index in [0.29, 0.717) is 19.5 Å². The number of aliphatic hydroxyl groups is 1. The molecule has 1 saturated heterocycles. The zero-order valence-electron chi connectivity index (χ0n) is 8.10. The maximum absolute atomic E-state index is 12.0. The van der Waals surface area contributed by atoms with E-state index in [-0.39, 0.29) is 6.10 Å². The smallest absolute Gasteiger partial charge is 0.127 e. The van der Waals surface area contributed by atoms with Crippen molar-refractivity contribution in [2.45, 2.75) is 17.4 Å². The van der Waals surface area contributed by atoms with Crippen LogP contribution >= 0.6 is 15.9 Å². The van der Waals surface area contributed by atoms with Crippen molar-refractivity contribution in [3.05, 3.63) is 28.7 Å². The van der Waals surface area contributed by atoms with Gasteiger partial charge in [-0.15, -0.1) is 0 Å². The summed E-state index contributed by atoms with van der Waals surface area (Å²) < 4.78 is 14.8. The lowest BCUT2D eigenvalue weighted by Gasteiger charge is -2.13. The molecule has 0 saturated carbocycles. The molecule has 0 bridgehead atoms. The van der Waals surface area contributed by atoms with Gasteiger partial charge in [0.15, 0.2) is 0 Å². The molecule has 1 fully saturated rings. The molecular formula is C10H12BrNO2S. The summed E-state index contributed by atoms with van der Waals surface area (Å²) in [5.41, 5.74) is 0. The number of β-amino-alcohol motifs (C(OH)–C–C–N with tert-alkyl or cyclic N) is 1. The molecule has 2 rings (SSSR count). The fraction of sp³-hybridized carbons (Fsp3) is 0.400. The molecule has 3 nitrogen and oxygen atoms in total. The summed E-state index contributed by atoms with van der Waals surface area (Å²) in [6.07, 6.45) is 0.381. The number of halogens is 1. The molecule has 1 aliphatic rings. The van der Waals surface area contributed by atoms with Crippen LogP contribution in [0.3, 0.4) is 0 Å². The van der Waals surface area contributed by atoms with Crippen LogP contribution in [0.2, 0.25) is 0 Å². The normalized spacial score (nSPS) is 24.3. The van der Waals surface area contributed by atoms with Gasteiger partial charge < -0.3 is 5.11 Å². The van der Waals surface area contributed by atoms with Crippen LogP contribution in [0, 0.1) is 0 Å². The molecule has 1 heterocycles. The van der Waals surface area contributed by atoms with Crippen molar-refractivity contribution in [3.8, 4) is 0 Å². The summed E-state index contributed by atoms with van der Waals surface area (Å²) in [7, 11) is -1.14. The predicted molar refractivity (Wildman–Crippen MR) is 62.7 cm³/mol. The Balaban J connectivity index is 2.11. The van der Waals surface area contributed by atoms with Crippen LogP contribution in [0.25, 0.3) is 0 Å². The monoisotopic (exact) mass is 289 g/mol. The van der Waals surface area contributed by atoms with E-state index in [1.54, 1.807) is 4.31 Å². The van der Waals surface area contributed by atoms with Gasteiger partial charge in [-0.05, 0) is 30.7 Å². The Bertz CT molecular complexity index is 368. The van der Waals surface area contributed by atoms with E-state index in [2.05, 4.69) is 15.9 Å². The highest BCUT2D eigenvalue weighted by molar-refractivity contribution is 9.10. The van der Waals surface area contributed by atoms with Crippen LogP contribution in [0.15, 0.2) is 33.6 Å². The third-order valence-electron chi connectivity index (χ3n) is 2.38. The molecule has 0 radical (unpaired) electrons. The van der Waals surface area contributed by atoms with Gasteiger partial charge >= 0.3 is 0 Å². The van der Waals surface area contributed by atoms with Gasteiger partial charge in [-0.1, -0.05) is 15.9 Å². The van der Waals surface area contributed by atoms with E-state index in [0.717, 1.165) is 9.37 Å². The predicted octanol–water partition coefficient (Wildman–Crippen LogP) is 1.54. The third kappa shape index (κ3) is 2.66. The Kier molecular flexibility index (Phi) is 3.56. The Morgan fingerprint density at radius 2 is 2.07 bits per heavy atom. The minimum Gasteiger partial charge on any atom is -0.392 e. The Labute approximate surface area is 99.8 Å². The maximum atomic E-state index is 12.0. The fourth-order valence-electron chi connectivity index (χ4n) is 1.56. The number of aliphatic hydroxyl groups excluding tert-OH is 1. The number of hydrogen-bond donors (Lipinski definition) is 1. The van der Waals surface area contributed by atoms with Gasteiger partial charge in [0.05, 0.1) is 11.0 Å². The summed E-state index contributed by atoms with van der Waals surface area (Å²) in [4.78, 5) is 0.785. The quantitative estimate of drug-likeness (QED) is 0.897. The summed E-state index contributed by atoms with van der Waals surface area (Å²) in [5.74, 6) is 0. The highest BCUT2D eigenvalue weighted by Gasteiger charge is 2.25. The molecule has 2 atom stereocenters. The molecule has 0 aliphatic carbocycles. The number of hydrogen-bond acceptors (Lipinski definition) is 2. The SMILES string of the molecule is O=S(c1ccc(Br)cc1)N1CCC(O)C1. The Morgan fingerprint density at radius 1 is 1.40 bits per heavy atom. The molecule has 0 aromatic heterocycles. The van der Waals surface area contributed by atoms with Gasteiger partial charge in [-0.2, -0.15) is 0 Å². The van der Waals surface area contributed by atoms with E-state index < -0.39 is 11.0 Å². The number of rotatable bonds is 2. The van der Waals surface area contributed by atoms with E-state index in [1.807, 2.05) is 24.3 Å². The summed E-state index contributed by atoms with van der Waals surface area (Å²) in [6.45, 7) is 1.20. The maximum Gasteiger partial charge on any atom is 0.127 e. The van der Waals surface area contributed by atoms with Crippen LogP contribution in [0.4, 0.5) is 0 Å². The molecule has 1 aromatic rings. The average Bonchev–Trinajstić information content (AvgIpc) is 2.65. The van der Waals surface area contributed by atoms with Crippen molar-refractivity contribution in [3.63, 3.8) is 0 Å². The summed E-state index contributed by atoms with van der Waals surface area (Å²) in [6, 6.07) is 7.43. The molecule has 2 unspecified atom stereocenters. The molecule has 1 aliphatic heterocycles. The van der Waals surface area contributed by atoms with Crippen molar-refractivity contribution in [1.29, 1.82) is 0 Å². The van der Waals surface area contributed by atoms with Crippen LogP contribution in [-0.2, 0) is 11.0 Å². The van der Waals surface area contributed by atoms with Crippen LogP contribution < -0.4 is 0 Å². The van der Waals surface area contributed by atoms with Crippen molar-refractivity contribution in [1.82, 2.24) is 4.31 Å². The summed E-state index contributed by atoms with van der Waals surface area (Å²) >= 11 is 3.34. The van der Waals surface area contributed by atoms with Crippen LogP contribution in [0.1, 0.15) is 6.42 Å². The van der Waals surface area contributed by atoms with E-state index >= 15 is 0 Å². The Morgan fingerprint density at radius 3 is 2.60 bits per heavy atom. The summed E-state index contributed by atoms with van der Waals surface area (Å²) in [5, 5.41) is 9.36. The minimum atomic E-state index is -1.14. The largest absolute Gasteiger partial charge is 0.392 e. The molecule has 5 heteroatoms. The molecule has 15 heavy (non-hydrogen) atoms. The van der Waals surface area contributed by atoms with E-state index in [1.165, 1.54) is 0 Å². The lowest BCUT2D eigenvalue weighted by Crippen LogP contribution is -2.24. The standard InChI is InChI=1S/C10H12BrNO2S/c11-8-1-3-10(4-2-8)15(14)12-6-5-9(13)7-12/h1-4,9,13H,5-7H2. The van der Waals surface area contributed by atoms with Gasteiger partial charge in [0.25, 0.3) is 0 Å². The molecule has 82 valence electrons. The minimum absolute atomic E-state index is 0.329. The molecule has 1 aromatic carbocycles. The first-order valence-electron chi connectivity index (χ1n) is 4.77. The van der Waals surface area contributed by atoms with Crippen molar-refractivity contribution in [2.24, 2.45) is 0 Å². The zero-order chi connectivity index (χ0) is 10.8. The van der Waals surface area contributed by atoms with Gasteiger partial charge in [0.2, 0.25) is 0 Å². The average molecular weight is 290 g/mol. The molecule has 1 N–H and O–H groups in total. The second-order valence-electron chi connectivity index (χ2n) is 3.53. The van der Waals surface area contributed by atoms with E-state index in [4.69, 9.17) is 0 Å². The van der Waals surface area contributed by atoms with Gasteiger partial charge in [-0.25, -0.2) is 8.51 Å². The van der Waals surface area contributed by atoms with Gasteiger partial charge in [0, 0.05) is 17.6 Å². The Hall–Kier alpha value is -0.230. The van der Waals surface area contributed by atoms with Gasteiger partial charge in [-0.3, -0.25) is 0 Å². The van der Waals surface area contributed by atoms with Crippen molar-refractivity contribution in [2.75, 3.05) is 13.1 Å². The third-order valence-corrected chi connectivity index (χ3v) is 4.38. The van der Waals surface area contributed by atoms with Crippen molar-refractivity contribution < 1.29 is 9.32 Å². The first-order chi connectivity index (χ1) is 7.16. The highest BCUT2D eigenvalue weighted by atomic mass is 79.9. The first kappa shape index (κ1) is 11.3.